The molecule has 0 aliphatic rings. The van der Waals surface area contributed by atoms with Crippen LogP contribution in [0, 0.1) is 17.5 Å². The largest absolute Gasteiger partial charge is 0.478 e. The van der Waals surface area contributed by atoms with E-state index in [1.54, 1.807) is 30.3 Å². The molecule has 29 heavy (non-hydrogen) atoms. The second-order valence-corrected chi connectivity index (χ2v) is 7.21. The van der Waals surface area contributed by atoms with Crippen molar-refractivity contribution in [2.75, 3.05) is 0 Å². The number of para-hydroxylation sites is 1. The van der Waals surface area contributed by atoms with Gasteiger partial charge in [-0.15, -0.1) is 11.3 Å². The Kier molecular flexibility index (Phi) is 4.71. The van der Waals surface area contributed by atoms with E-state index in [1.807, 2.05) is 0 Å². The van der Waals surface area contributed by atoms with Crippen molar-refractivity contribution in [3.8, 4) is 11.1 Å². The minimum absolute atomic E-state index is 0.0524. The number of hydrogen-bond donors (Lipinski definition) is 1. The van der Waals surface area contributed by atoms with Crippen LogP contribution in [0.2, 0.25) is 0 Å². The molecule has 4 nitrogen and oxygen atoms in total. The van der Waals surface area contributed by atoms with Crippen molar-refractivity contribution in [3.05, 3.63) is 81.5 Å². The molecule has 0 amide bonds. The molecule has 0 radical (unpaired) electrons. The van der Waals surface area contributed by atoms with E-state index in [2.05, 4.69) is 0 Å². The van der Waals surface area contributed by atoms with E-state index < -0.39 is 40.3 Å². The molecule has 0 bridgehead atoms. The van der Waals surface area contributed by atoms with Gasteiger partial charge in [-0.1, -0.05) is 18.2 Å². The number of halogens is 3. The molecule has 8 heteroatoms. The lowest BCUT2D eigenvalue weighted by Gasteiger charge is -2.06. The summed E-state index contributed by atoms with van der Waals surface area (Å²) in [4.78, 5) is 24.5. The average Bonchev–Trinajstić information content (AvgIpc) is 3.25. The lowest BCUT2D eigenvalue weighted by atomic mass is 10.00. The summed E-state index contributed by atoms with van der Waals surface area (Å²) in [5.41, 5.74) is -0.784. The van der Waals surface area contributed by atoms with Gasteiger partial charge in [0.1, 0.15) is 23.0 Å². The van der Waals surface area contributed by atoms with Crippen molar-refractivity contribution in [1.82, 2.24) is 0 Å². The molecule has 2 heterocycles. The standard InChI is InChI=1S/C21H11F3O4S/c22-11-6-13(23)19(14(24)7-11)12-9-29-18(20(12)21(26)27)8-15(25)17-5-10-3-1-2-4-16(10)28-17/h1-7,9H,8H2,(H,26,27). The molecule has 146 valence electrons. The van der Waals surface area contributed by atoms with E-state index in [0.717, 1.165) is 16.7 Å². The van der Waals surface area contributed by atoms with Crippen LogP contribution in [0.5, 0.6) is 0 Å². The molecule has 0 aliphatic heterocycles. The number of carboxylic acids is 1. The zero-order chi connectivity index (χ0) is 20.7. The molecule has 0 unspecified atom stereocenters. The lowest BCUT2D eigenvalue weighted by Crippen LogP contribution is -2.07. The molecule has 4 rings (SSSR count). The third-order valence-corrected chi connectivity index (χ3v) is 5.37. The number of carbonyl (C=O) groups is 2. The number of carboxylic acid groups (broad SMARTS) is 1. The fraction of sp³-hybridized carbons (Fsp3) is 0.0476. The zero-order valence-corrected chi connectivity index (χ0v) is 15.4. The van der Waals surface area contributed by atoms with Gasteiger partial charge >= 0.3 is 5.97 Å². The molecular weight excluding hydrogens is 405 g/mol. The van der Waals surface area contributed by atoms with Crippen molar-refractivity contribution < 1.29 is 32.3 Å². The van der Waals surface area contributed by atoms with E-state index in [-0.39, 0.29) is 22.6 Å². The Hall–Kier alpha value is -3.39. The number of Topliss-reactive ketones (excluding diaryl/α,β-unsaturated/α-hetero) is 1. The summed E-state index contributed by atoms with van der Waals surface area (Å²) in [6.07, 6.45) is -0.323. The Labute approximate surface area is 165 Å². The average molecular weight is 416 g/mol. The number of rotatable bonds is 5. The number of thiophene rings is 1. The monoisotopic (exact) mass is 416 g/mol. The minimum Gasteiger partial charge on any atom is -0.478 e. The highest BCUT2D eigenvalue weighted by Gasteiger charge is 2.26. The van der Waals surface area contributed by atoms with Gasteiger partial charge in [-0.05, 0) is 17.5 Å². The first kappa shape index (κ1) is 18.9. The fourth-order valence-corrected chi connectivity index (χ4v) is 4.12. The van der Waals surface area contributed by atoms with Gasteiger partial charge in [-0.25, -0.2) is 18.0 Å². The maximum absolute atomic E-state index is 14.1. The van der Waals surface area contributed by atoms with Gasteiger partial charge in [0.05, 0.1) is 11.1 Å². The Morgan fingerprint density at radius 2 is 1.72 bits per heavy atom. The molecule has 2 aromatic carbocycles. The molecule has 0 fully saturated rings. The fourth-order valence-electron chi connectivity index (χ4n) is 3.10. The number of carbonyl (C=O) groups excluding carboxylic acids is 1. The summed E-state index contributed by atoms with van der Waals surface area (Å²) in [6, 6.07) is 9.49. The smallest absolute Gasteiger partial charge is 0.337 e. The topological polar surface area (TPSA) is 67.5 Å². The highest BCUT2D eigenvalue weighted by molar-refractivity contribution is 7.11. The Morgan fingerprint density at radius 1 is 1.03 bits per heavy atom. The number of hydrogen-bond acceptors (Lipinski definition) is 4. The highest BCUT2D eigenvalue weighted by atomic mass is 32.1. The first-order valence-electron chi connectivity index (χ1n) is 8.35. The van der Waals surface area contributed by atoms with Gasteiger partial charge in [0, 0.05) is 34.4 Å². The molecule has 1 N–H and O–H groups in total. The van der Waals surface area contributed by atoms with Crippen molar-refractivity contribution in [2.45, 2.75) is 6.42 Å². The zero-order valence-electron chi connectivity index (χ0n) is 14.5. The van der Waals surface area contributed by atoms with Gasteiger partial charge in [-0.2, -0.15) is 0 Å². The van der Waals surface area contributed by atoms with Crippen LogP contribution < -0.4 is 0 Å². The van der Waals surface area contributed by atoms with Crippen LogP contribution >= 0.6 is 11.3 Å². The quantitative estimate of drug-likeness (QED) is 0.424. The first-order valence-corrected chi connectivity index (χ1v) is 9.23. The van der Waals surface area contributed by atoms with E-state index in [4.69, 9.17) is 4.42 Å². The number of aromatic carboxylic acids is 1. The Bertz CT molecular complexity index is 1220. The van der Waals surface area contributed by atoms with Gasteiger partial charge in [0.15, 0.2) is 5.76 Å². The molecule has 0 saturated carbocycles. The number of furan rings is 1. The molecule has 0 atom stereocenters. The summed E-state index contributed by atoms with van der Waals surface area (Å²) in [6.45, 7) is 0. The van der Waals surface area contributed by atoms with Crippen molar-refractivity contribution >= 4 is 34.1 Å². The lowest BCUT2D eigenvalue weighted by molar-refractivity contribution is 0.0697. The Balaban J connectivity index is 1.74. The van der Waals surface area contributed by atoms with Crippen LogP contribution in [0.1, 0.15) is 25.8 Å². The number of ketones is 1. The normalized spacial score (nSPS) is 11.1. The van der Waals surface area contributed by atoms with Crippen LogP contribution in [0.25, 0.3) is 22.1 Å². The third-order valence-electron chi connectivity index (χ3n) is 4.38. The van der Waals surface area contributed by atoms with E-state index in [1.165, 1.54) is 5.38 Å². The maximum Gasteiger partial charge on any atom is 0.337 e. The number of benzene rings is 2. The minimum atomic E-state index is -1.45. The molecule has 4 aromatic rings. The number of fused-ring (bicyclic) bond motifs is 1. The third kappa shape index (κ3) is 3.42. The molecule has 2 aromatic heterocycles. The Morgan fingerprint density at radius 3 is 2.38 bits per heavy atom. The second-order valence-electron chi connectivity index (χ2n) is 6.25. The van der Waals surface area contributed by atoms with Crippen LogP contribution in [0.4, 0.5) is 13.2 Å². The van der Waals surface area contributed by atoms with E-state index in [0.29, 0.717) is 17.7 Å². The summed E-state index contributed by atoms with van der Waals surface area (Å²) >= 11 is 0.880. The van der Waals surface area contributed by atoms with Gasteiger partial charge < -0.3 is 9.52 Å². The predicted molar refractivity (Wildman–Crippen MR) is 101 cm³/mol. The van der Waals surface area contributed by atoms with Crippen LogP contribution in [0.15, 0.2) is 52.3 Å². The SMILES string of the molecule is O=C(Cc1scc(-c2c(F)cc(F)cc2F)c1C(=O)O)c1cc2ccccc2o1. The maximum atomic E-state index is 14.1. The van der Waals surface area contributed by atoms with Gasteiger partial charge in [0.25, 0.3) is 0 Å². The first-order chi connectivity index (χ1) is 13.8. The molecular formula is C21H11F3O4S. The van der Waals surface area contributed by atoms with Crippen molar-refractivity contribution in [2.24, 2.45) is 0 Å². The van der Waals surface area contributed by atoms with Crippen LogP contribution in [0.3, 0.4) is 0 Å². The highest BCUT2D eigenvalue weighted by Crippen LogP contribution is 2.36. The summed E-state index contributed by atoms with van der Waals surface area (Å²) in [5, 5.41) is 11.5. The van der Waals surface area contributed by atoms with E-state index in [9.17, 15) is 27.9 Å². The van der Waals surface area contributed by atoms with Gasteiger partial charge in [-0.3, -0.25) is 4.79 Å². The molecule has 0 saturated heterocycles. The summed E-state index contributed by atoms with van der Waals surface area (Å²) in [7, 11) is 0. The second kappa shape index (κ2) is 7.21. The van der Waals surface area contributed by atoms with Crippen molar-refractivity contribution in [3.63, 3.8) is 0 Å². The molecule has 0 aliphatic carbocycles. The summed E-state index contributed by atoms with van der Waals surface area (Å²) < 4.78 is 47.0. The van der Waals surface area contributed by atoms with Gasteiger partial charge in [0.2, 0.25) is 5.78 Å². The van der Waals surface area contributed by atoms with Crippen molar-refractivity contribution in [1.29, 1.82) is 0 Å². The molecule has 0 spiro atoms. The van der Waals surface area contributed by atoms with Crippen LogP contribution in [-0.2, 0) is 6.42 Å². The van der Waals surface area contributed by atoms with Crippen LogP contribution in [-0.4, -0.2) is 16.9 Å². The summed E-state index contributed by atoms with van der Waals surface area (Å²) in [5.74, 6) is -5.43. The predicted octanol–water partition coefficient (Wildman–Crippen LogP) is 5.70. The van der Waals surface area contributed by atoms with E-state index >= 15 is 0 Å².